The van der Waals surface area contributed by atoms with Crippen LogP contribution in [0.25, 0.3) is 0 Å². The lowest BCUT2D eigenvalue weighted by molar-refractivity contribution is -0.111. The molecule has 3 aromatic rings. The zero-order valence-corrected chi connectivity index (χ0v) is 23.9. The average Bonchev–Trinajstić information content (AvgIpc) is 3.51. The van der Waals surface area contributed by atoms with Crippen molar-refractivity contribution in [3.05, 3.63) is 89.8 Å². The van der Waals surface area contributed by atoms with Crippen LogP contribution >= 0.6 is 0 Å². The molecule has 0 unspecified atom stereocenters. The van der Waals surface area contributed by atoms with Crippen molar-refractivity contribution in [3.63, 3.8) is 0 Å². The topological polar surface area (TPSA) is 78.0 Å². The maximum atomic E-state index is 13.3. The van der Waals surface area contributed by atoms with Crippen LogP contribution in [0.3, 0.4) is 0 Å². The van der Waals surface area contributed by atoms with Gasteiger partial charge in [-0.15, -0.1) is 0 Å². The van der Waals surface area contributed by atoms with Crippen LogP contribution in [0.2, 0.25) is 0 Å². The molecule has 1 aliphatic heterocycles. The lowest BCUT2D eigenvalue weighted by Crippen LogP contribution is -2.29. The van der Waals surface area contributed by atoms with Gasteiger partial charge in [-0.25, -0.2) is 0 Å². The van der Waals surface area contributed by atoms with E-state index in [1.165, 1.54) is 18.9 Å². The highest BCUT2D eigenvalue weighted by Gasteiger charge is 2.18. The summed E-state index contributed by atoms with van der Waals surface area (Å²) in [5.41, 5.74) is 5.47. The molecule has 1 aliphatic rings. The molecule has 4 rings (SSSR count). The van der Waals surface area contributed by atoms with Gasteiger partial charge >= 0.3 is 0 Å². The third-order valence-electron chi connectivity index (χ3n) is 7.19. The van der Waals surface area contributed by atoms with Crippen molar-refractivity contribution in [2.24, 2.45) is 0 Å². The summed E-state index contributed by atoms with van der Waals surface area (Å²) in [6.07, 6.45) is 5.77. The van der Waals surface area contributed by atoms with Crippen LogP contribution in [0.4, 0.5) is 17.1 Å². The number of rotatable bonds is 12. The van der Waals surface area contributed by atoms with Gasteiger partial charge in [0.2, 0.25) is 5.91 Å². The number of methoxy groups -OCH3 is 1. The predicted molar refractivity (Wildman–Crippen MR) is 162 cm³/mol. The second-order valence-electron chi connectivity index (χ2n) is 10.4. The number of ketones is 1. The van der Waals surface area contributed by atoms with E-state index in [1.807, 2.05) is 63.6 Å². The normalized spacial score (nSPS) is 12.9. The number of carbonyl (C=O) groups excluding carboxylic acids is 2. The lowest BCUT2D eigenvalue weighted by Gasteiger charge is -2.26. The quantitative estimate of drug-likeness (QED) is 0.265. The fourth-order valence-corrected chi connectivity index (χ4v) is 4.89. The first kappa shape index (κ1) is 28.8. The number of aromatic nitrogens is 1. The van der Waals surface area contributed by atoms with Gasteiger partial charge in [-0.3, -0.25) is 14.6 Å². The first-order valence-electron chi connectivity index (χ1n) is 13.6. The fraction of sp³-hybridized carbons (Fsp3) is 0.344. The summed E-state index contributed by atoms with van der Waals surface area (Å²) in [7, 11) is 7.65. The minimum Gasteiger partial charge on any atom is -0.496 e. The molecular weight excluding hydrogens is 502 g/mol. The molecule has 0 bridgehead atoms. The number of nitrogens with zero attached hydrogens (tertiary/aromatic N) is 4. The molecule has 1 fully saturated rings. The van der Waals surface area contributed by atoms with Crippen molar-refractivity contribution in [3.8, 4) is 5.75 Å². The van der Waals surface area contributed by atoms with Crippen LogP contribution < -0.4 is 19.9 Å². The number of likely N-dealkylation sites (N-methyl/N-ethyl adjacent to an activating group) is 2. The maximum absolute atomic E-state index is 13.3. The number of ether oxygens (including phenoxy) is 1. The van der Waals surface area contributed by atoms with Crippen LogP contribution in [0.1, 0.15) is 40.0 Å². The number of pyridine rings is 1. The first-order valence-corrected chi connectivity index (χ1v) is 13.6. The Morgan fingerprint density at radius 1 is 1.02 bits per heavy atom. The van der Waals surface area contributed by atoms with Crippen molar-refractivity contribution < 1.29 is 14.3 Å². The molecule has 8 heteroatoms. The van der Waals surface area contributed by atoms with E-state index in [1.54, 1.807) is 19.4 Å². The summed E-state index contributed by atoms with van der Waals surface area (Å²) in [5.74, 6) is 0.347. The van der Waals surface area contributed by atoms with Gasteiger partial charge in [0.25, 0.3) is 0 Å². The molecule has 40 heavy (non-hydrogen) atoms. The van der Waals surface area contributed by atoms with E-state index in [4.69, 9.17) is 4.74 Å². The molecule has 1 saturated heterocycles. The summed E-state index contributed by atoms with van der Waals surface area (Å²) >= 11 is 0. The highest BCUT2D eigenvalue weighted by Crippen LogP contribution is 2.35. The molecule has 2 heterocycles. The molecule has 0 aliphatic carbocycles. The first-order chi connectivity index (χ1) is 19.3. The van der Waals surface area contributed by atoms with Gasteiger partial charge < -0.3 is 24.8 Å². The molecule has 1 N–H and O–H groups in total. The van der Waals surface area contributed by atoms with E-state index < -0.39 is 0 Å². The number of benzene rings is 2. The summed E-state index contributed by atoms with van der Waals surface area (Å²) in [6, 6.07) is 15.3. The van der Waals surface area contributed by atoms with Gasteiger partial charge in [0.1, 0.15) is 5.75 Å². The molecule has 8 nitrogen and oxygen atoms in total. The number of nitrogens with one attached hydrogen (secondary N) is 1. The monoisotopic (exact) mass is 541 g/mol. The number of amides is 1. The zero-order chi connectivity index (χ0) is 28.6. The Balaban J connectivity index is 1.58. The Hall–Kier alpha value is -4.17. The molecule has 0 radical (unpaired) electrons. The van der Waals surface area contributed by atoms with E-state index in [0.717, 1.165) is 48.8 Å². The van der Waals surface area contributed by atoms with Crippen molar-refractivity contribution in [2.75, 3.05) is 69.5 Å². The van der Waals surface area contributed by atoms with E-state index >= 15 is 0 Å². The molecule has 0 spiro atoms. The number of hydrogen-bond acceptors (Lipinski definition) is 7. The lowest BCUT2D eigenvalue weighted by atomic mass is 10.0. The Bertz CT molecular complexity index is 1350. The SMILES string of the molecule is C=CC(=O)Nc1cc(Cc2cc(C(=O)c3ccc(N4CCCC4)cc3)ccn2)c(OC)cc1N(C)CCN(C)C. The summed E-state index contributed by atoms with van der Waals surface area (Å²) in [6.45, 7) is 7.33. The van der Waals surface area contributed by atoms with Gasteiger partial charge in [0, 0.05) is 80.0 Å². The highest BCUT2D eigenvalue weighted by atomic mass is 16.5. The molecule has 2 aromatic carbocycles. The van der Waals surface area contributed by atoms with Crippen LogP contribution in [0, 0.1) is 0 Å². The minimum absolute atomic E-state index is 0.0413. The Labute approximate surface area is 237 Å². The minimum atomic E-state index is -0.292. The predicted octanol–water partition coefficient (Wildman–Crippen LogP) is 4.63. The van der Waals surface area contributed by atoms with Crippen LogP contribution in [-0.2, 0) is 11.2 Å². The summed E-state index contributed by atoms with van der Waals surface area (Å²) in [5, 5.41) is 2.94. The van der Waals surface area contributed by atoms with E-state index in [9.17, 15) is 9.59 Å². The molecule has 210 valence electrons. The molecule has 0 atom stereocenters. The van der Waals surface area contributed by atoms with Crippen molar-refractivity contribution in [1.82, 2.24) is 9.88 Å². The van der Waals surface area contributed by atoms with Gasteiger partial charge in [-0.2, -0.15) is 0 Å². The van der Waals surface area contributed by atoms with Crippen LogP contribution in [0.15, 0.2) is 67.4 Å². The van der Waals surface area contributed by atoms with Gasteiger partial charge in [0.15, 0.2) is 5.78 Å². The third-order valence-corrected chi connectivity index (χ3v) is 7.19. The maximum Gasteiger partial charge on any atom is 0.247 e. The van der Waals surface area contributed by atoms with Crippen molar-refractivity contribution in [1.29, 1.82) is 0 Å². The average molecular weight is 542 g/mol. The van der Waals surface area contributed by atoms with Crippen LogP contribution in [0.5, 0.6) is 5.75 Å². The standard InChI is InChI=1S/C32H39N5O3/c1-6-31(38)34-28-21-25(30(40-5)22-29(28)36(4)18-17-35(2)3)20-26-19-24(13-14-33-26)32(39)23-9-11-27(12-10-23)37-15-7-8-16-37/h6,9-14,19,21-22H,1,7-8,15-18,20H2,2-5H3,(H,34,38). The van der Waals surface area contributed by atoms with Gasteiger partial charge in [-0.05, 0) is 75.5 Å². The second-order valence-corrected chi connectivity index (χ2v) is 10.4. The van der Waals surface area contributed by atoms with Crippen molar-refractivity contribution in [2.45, 2.75) is 19.3 Å². The fourth-order valence-electron chi connectivity index (χ4n) is 4.89. The van der Waals surface area contributed by atoms with Crippen molar-refractivity contribution >= 4 is 28.8 Å². The summed E-state index contributed by atoms with van der Waals surface area (Å²) < 4.78 is 5.75. The smallest absolute Gasteiger partial charge is 0.247 e. The van der Waals surface area contributed by atoms with Gasteiger partial charge in [0.05, 0.1) is 18.5 Å². The Kier molecular flexibility index (Phi) is 9.56. The van der Waals surface area contributed by atoms with E-state index in [0.29, 0.717) is 29.0 Å². The highest BCUT2D eigenvalue weighted by molar-refractivity contribution is 6.09. The molecule has 1 amide bonds. The van der Waals surface area contributed by atoms with Crippen LogP contribution in [-0.4, -0.2) is 76.0 Å². The largest absolute Gasteiger partial charge is 0.496 e. The molecular formula is C32H39N5O3. The summed E-state index contributed by atoms with van der Waals surface area (Å²) in [4.78, 5) is 36.6. The Morgan fingerprint density at radius 2 is 1.75 bits per heavy atom. The molecule has 1 aromatic heterocycles. The number of hydrogen-bond donors (Lipinski definition) is 1. The molecule has 0 saturated carbocycles. The van der Waals surface area contributed by atoms with E-state index in [-0.39, 0.29) is 11.7 Å². The van der Waals surface area contributed by atoms with E-state index in [2.05, 4.69) is 31.6 Å². The zero-order valence-electron chi connectivity index (χ0n) is 23.9. The second kappa shape index (κ2) is 13.3. The number of carbonyl (C=O) groups is 2. The third kappa shape index (κ3) is 7.07. The number of anilines is 3. The van der Waals surface area contributed by atoms with Gasteiger partial charge in [-0.1, -0.05) is 6.58 Å². The Morgan fingerprint density at radius 3 is 2.40 bits per heavy atom.